The van der Waals surface area contributed by atoms with E-state index in [0.29, 0.717) is 5.92 Å². The number of hydrogen-bond donors (Lipinski definition) is 1. The van der Waals surface area contributed by atoms with Gasteiger partial charge in [0.2, 0.25) is 0 Å². The molecular weight excluding hydrogens is 116 g/mol. The molecule has 1 N–H and O–H groups in total. The lowest BCUT2D eigenvalue weighted by Crippen LogP contribution is -2.52. The maximum Gasteiger partial charge on any atom is 0.102 e. The second-order valence-corrected chi connectivity index (χ2v) is 3.10. The van der Waals surface area contributed by atoms with Crippen molar-refractivity contribution in [2.75, 3.05) is 13.1 Å². The lowest BCUT2D eigenvalue weighted by Gasteiger charge is -2.35. The van der Waals surface area contributed by atoms with Crippen molar-refractivity contribution in [1.82, 2.24) is 5.32 Å². The molecule has 0 aromatic carbocycles. The van der Waals surface area contributed by atoms with Crippen molar-refractivity contribution in [1.29, 1.82) is 0 Å². The van der Waals surface area contributed by atoms with E-state index >= 15 is 0 Å². The van der Waals surface area contributed by atoms with Crippen LogP contribution in [0, 0.1) is 10.8 Å². The topological polar surface area (TPSA) is 41.5 Å². The normalized spacial score (nSPS) is 21.1. The molecule has 52 valence electrons. The smallest absolute Gasteiger partial charge is 0.102 e. The van der Waals surface area contributed by atoms with Crippen molar-refractivity contribution in [2.45, 2.75) is 19.4 Å². The fraction of sp³-hybridized carbons (Fsp3) is 1.00. The Balaban J connectivity index is 2.46. The van der Waals surface area contributed by atoms with E-state index in [4.69, 9.17) is 0 Å². The lowest BCUT2D eigenvalue weighted by molar-refractivity contribution is 0.226. The minimum Gasteiger partial charge on any atom is -0.316 e. The van der Waals surface area contributed by atoms with E-state index in [2.05, 4.69) is 10.5 Å². The highest BCUT2D eigenvalue weighted by molar-refractivity contribution is 4.93. The molecule has 1 saturated heterocycles. The molecule has 1 heterocycles. The molecule has 0 amide bonds. The first-order valence-corrected chi connectivity index (χ1v) is 3.22. The summed E-state index contributed by atoms with van der Waals surface area (Å²) in [6.07, 6.45) is 0. The highest BCUT2D eigenvalue weighted by Gasteiger charge is 2.34. The summed E-state index contributed by atoms with van der Waals surface area (Å²) in [5.41, 5.74) is -0.356. The van der Waals surface area contributed by atoms with E-state index in [1.54, 1.807) is 0 Å². The molecular formula is C6H12N2O. The van der Waals surface area contributed by atoms with Gasteiger partial charge < -0.3 is 5.32 Å². The summed E-state index contributed by atoms with van der Waals surface area (Å²) in [6.45, 7) is 5.65. The van der Waals surface area contributed by atoms with Crippen LogP contribution in [0.3, 0.4) is 0 Å². The number of nitrogens with one attached hydrogen (secondary N) is 1. The van der Waals surface area contributed by atoms with Crippen LogP contribution in [0.5, 0.6) is 0 Å². The van der Waals surface area contributed by atoms with Crippen LogP contribution in [0.4, 0.5) is 0 Å². The van der Waals surface area contributed by atoms with Gasteiger partial charge in [-0.3, -0.25) is 0 Å². The molecule has 0 aromatic rings. The van der Waals surface area contributed by atoms with Crippen LogP contribution in [0.2, 0.25) is 0 Å². The Morgan fingerprint density at radius 1 is 1.56 bits per heavy atom. The van der Waals surface area contributed by atoms with Crippen LogP contribution in [0.25, 0.3) is 0 Å². The predicted molar refractivity (Wildman–Crippen MR) is 36.2 cm³/mol. The zero-order valence-electron chi connectivity index (χ0n) is 5.85. The Morgan fingerprint density at radius 3 is 2.22 bits per heavy atom. The standard InChI is InChI=1S/C6H12N2O/c1-6(2,8-9)5-3-7-4-5/h5,7H,3-4H2,1-2H3. The first kappa shape index (κ1) is 6.68. The zero-order valence-corrected chi connectivity index (χ0v) is 5.85. The fourth-order valence-electron chi connectivity index (χ4n) is 0.863. The molecule has 0 aromatic heterocycles. The molecule has 0 atom stereocenters. The van der Waals surface area contributed by atoms with E-state index < -0.39 is 0 Å². The molecule has 3 heteroatoms. The van der Waals surface area contributed by atoms with Gasteiger partial charge in [0.15, 0.2) is 0 Å². The Morgan fingerprint density at radius 2 is 2.11 bits per heavy atom. The molecule has 3 nitrogen and oxygen atoms in total. The minimum atomic E-state index is -0.356. The zero-order chi connectivity index (χ0) is 6.91. The number of nitroso groups, excluding NO2 is 1. The van der Waals surface area contributed by atoms with Gasteiger partial charge in [0.05, 0.1) is 0 Å². The van der Waals surface area contributed by atoms with Crippen LogP contribution in [-0.4, -0.2) is 18.6 Å². The SMILES string of the molecule is CC(C)(N=O)C1CNC1. The van der Waals surface area contributed by atoms with Gasteiger partial charge in [-0.1, -0.05) is 5.18 Å². The van der Waals surface area contributed by atoms with Crippen molar-refractivity contribution >= 4 is 0 Å². The molecule has 0 unspecified atom stereocenters. The van der Waals surface area contributed by atoms with Gasteiger partial charge in [-0.15, -0.1) is 0 Å². The summed E-state index contributed by atoms with van der Waals surface area (Å²) in [7, 11) is 0. The molecule has 0 aliphatic carbocycles. The van der Waals surface area contributed by atoms with E-state index in [-0.39, 0.29) is 5.54 Å². The van der Waals surface area contributed by atoms with Crippen molar-refractivity contribution in [3.63, 3.8) is 0 Å². The van der Waals surface area contributed by atoms with Crippen molar-refractivity contribution in [3.8, 4) is 0 Å². The minimum absolute atomic E-state index is 0.356. The molecule has 0 spiro atoms. The summed E-state index contributed by atoms with van der Waals surface area (Å²) in [4.78, 5) is 10.2. The van der Waals surface area contributed by atoms with Gasteiger partial charge >= 0.3 is 0 Å². The van der Waals surface area contributed by atoms with Gasteiger partial charge in [-0.2, -0.15) is 4.91 Å². The van der Waals surface area contributed by atoms with Gasteiger partial charge in [0, 0.05) is 19.0 Å². The fourth-order valence-corrected chi connectivity index (χ4v) is 0.863. The summed E-state index contributed by atoms with van der Waals surface area (Å²) in [6, 6.07) is 0. The van der Waals surface area contributed by atoms with E-state index in [1.165, 1.54) is 0 Å². The van der Waals surface area contributed by atoms with Crippen LogP contribution in [0.15, 0.2) is 5.18 Å². The summed E-state index contributed by atoms with van der Waals surface area (Å²) in [5.74, 6) is 0.454. The van der Waals surface area contributed by atoms with Crippen molar-refractivity contribution < 1.29 is 0 Å². The Labute approximate surface area is 54.8 Å². The van der Waals surface area contributed by atoms with E-state index in [1.807, 2.05) is 13.8 Å². The molecule has 0 bridgehead atoms. The Hall–Kier alpha value is -0.440. The molecule has 0 saturated carbocycles. The van der Waals surface area contributed by atoms with Crippen molar-refractivity contribution in [3.05, 3.63) is 4.91 Å². The monoisotopic (exact) mass is 128 g/mol. The van der Waals surface area contributed by atoms with Crippen LogP contribution < -0.4 is 5.32 Å². The number of rotatable bonds is 2. The van der Waals surface area contributed by atoms with Gasteiger partial charge in [-0.25, -0.2) is 0 Å². The molecule has 1 rings (SSSR count). The van der Waals surface area contributed by atoms with Crippen LogP contribution >= 0.6 is 0 Å². The highest BCUT2D eigenvalue weighted by atomic mass is 16.3. The quantitative estimate of drug-likeness (QED) is 0.557. The van der Waals surface area contributed by atoms with E-state index in [0.717, 1.165) is 13.1 Å². The van der Waals surface area contributed by atoms with E-state index in [9.17, 15) is 4.91 Å². The lowest BCUT2D eigenvalue weighted by atomic mass is 9.84. The van der Waals surface area contributed by atoms with Gasteiger partial charge in [-0.05, 0) is 13.8 Å². The number of nitrogens with zero attached hydrogens (tertiary/aromatic N) is 1. The molecule has 1 aliphatic rings. The molecule has 0 radical (unpaired) electrons. The Bertz CT molecular complexity index is 118. The average Bonchev–Trinajstić information content (AvgIpc) is 1.60. The molecule has 1 aliphatic heterocycles. The maximum absolute atomic E-state index is 10.2. The summed E-state index contributed by atoms with van der Waals surface area (Å²) in [5, 5.41) is 6.16. The second kappa shape index (κ2) is 2.06. The van der Waals surface area contributed by atoms with Gasteiger partial charge in [0.1, 0.15) is 5.54 Å². The van der Waals surface area contributed by atoms with Crippen molar-refractivity contribution in [2.24, 2.45) is 11.1 Å². The maximum atomic E-state index is 10.2. The third kappa shape index (κ3) is 1.10. The highest BCUT2D eigenvalue weighted by Crippen LogP contribution is 2.23. The molecule has 1 fully saturated rings. The largest absolute Gasteiger partial charge is 0.316 e. The summed E-state index contributed by atoms with van der Waals surface area (Å²) < 4.78 is 0. The van der Waals surface area contributed by atoms with Crippen LogP contribution in [0.1, 0.15) is 13.8 Å². The third-order valence-corrected chi connectivity index (χ3v) is 2.02. The molecule has 9 heavy (non-hydrogen) atoms. The first-order valence-electron chi connectivity index (χ1n) is 3.22. The van der Waals surface area contributed by atoms with Gasteiger partial charge in [0.25, 0.3) is 0 Å². The predicted octanol–water partition coefficient (Wildman–Crippen LogP) is 0.751. The van der Waals surface area contributed by atoms with Crippen LogP contribution in [-0.2, 0) is 0 Å². The number of hydrogen-bond acceptors (Lipinski definition) is 3. The first-order chi connectivity index (χ1) is 4.17. The second-order valence-electron chi connectivity index (χ2n) is 3.10. The Kier molecular flexibility index (Phi) is 1.53. The third-order valence-electron chi connectivity index (χ3n) is 2.02. The average molecular weight is 128 g/mol. The summed E-state index contributed by atoms with van der Waals surface area (Å²) >= 11 is 0.